The molecule has 0 bridgehead atoms. The number of likely N-dealkylation sites (N-methyl/N-ethyl adjacent to an activating group) is 2. The van der Waals surface area contributed by atoms with Gasteiger partial charge in [0, 0.05) is 24.7 Å². The van der Waals surface area contributed by atoms with Crippen LogP contribution < -0.4 is 0 Å². The van der Waals surface area contributed by atoms with Gasteiger partial charge in [0.1, 0.15) is 12.1 Å². The van der Waals surface area contributed by atoms with Gasteiger partial charge in [-0.15, -0.1) is 0 Å². The van der Waals surface area contributed by atoms with Crippen LogP contribution in [-0.4, -0.2) is 47.5 Å². The maximum atomic E-state index is 13.0. The van der Waals surface area contributed by atoms with Crippen LogP contribution in [0.1, 0.15) is 25.5 Å². The van der Waals surface area contributed by atoms with Gasteiger partial charge >= 0.3 is 0 Å². The topological polar surface area (TPSA) is 32.5 Å². The van der Waals surface area contributed by atoms with Crippen LogP contribution in [0.25, 0.3) is 11.5 Å². The molecule has 5 heteroatoms. The molecule has 3 rings (SSSR count). The number of halogens is 1. The van der Waals surface area contributed by atoms with E-state index in [1.165, 1.54) is 31.5 Å². The summed E-state index contributed by atoms with van der Waals surface area (Å²) in [6.45, 7) is 6.38. The van der Waals surface area contributed by atoms with Crippen LogP contribution in [0.4, 0.5) is 4.39 Å². The molecule has 0 N–H and O–H groups in total. The summed E-state index contributed by atoms with van der Waals surface area (Å²) in [5, 5.41) is 0. The summed E-state index contributed by atoms with van der Waals surface area (Å²) < 4.78 is 18.5. The third-order valence-corrected chi connectivity index (χ3v) is 4.50. The molecule has 1 aromatic carbocycles. The van der Waals surface area contributed by atoms with Gasteiger partial charge in [-0.1, -0.05) is 6.92 Å². The third-order valence-electron chi connectivity index (χ3n) is 4.50. The van der Waals surface area contributed by atoms with E-state index in [1.807, 2.05) is 0 Å². The fraction of sp³-hybridized carbons (Fsp3) is 0.500. The number of rotatable bonds is 6. The summed E-state index contributed by atoms with van der Waals surface area (Å²) in [5.41, 5.74) is 1.71. The van der Waals surface area contributed by atoms with E-state index in [9.17, 15) is 4.39 Å². The summed E-state index contributed by atoms with van der Waals surface area (Å²) in [7, 11) is 2.12. The first-order chi connectivity index (χ1) is 11.2. The van der Waals surface area contributed by atoms with Crippen molar-refractivity contribution in [1.82, 2.24) is 14.8 Å². The number of benzene rings is 1. The predicted octanol–water partition coefficient (Wildman–Crippen LogP) is 3.40. The van der Waals surface area contributed by atoms with Crippen molar-refractivity contribution in [3.05, 3.63) is 42.0 Å². The largest absolute Gasteiger partial charge is 0.444 e. The molecule has 0 aliphatic carbocycles. The molecule has 1 saturated heterocycles. The van der Waals surface area contributed by atoms with Crippen LogP contribution in [0.5, 0.6) is 0 Å². The average molecular weight is 317 g/mol. The fourth-order valence-corrected chi connectivity index (χ4v) is 3.32. The van der Waals surface area contributed by atoms with Crippen LogP contribution in [-0.2, 0) is 6.54 Å². The first-order valence-corrected chi connectivity index (χ1v) is 8.28. The number of hydrogen-bond donors (Lipinski definition) is 0. The Hall–Kier alpha value is -1.72. The Labute approximate surface area is 136 Å². The highest BCUT2D eigenvalue weighted by Crippen LogP contribution is 2.21. The van der Waals surface area contributed by atoms with Crippen molar-refractivity contribution < 1.29 is 8.81 Å². The molecule has 4 nitrogen and oxygen atoms in total. The van der Waals surface area contributed by atoms with Crippen molar-refractivity contribution >= 4 is 0 Å². The molecule has 2 aromatic rings. The fourth-order valence-electron chi connectivity index (χ4n) is 3.32. The molecular formula is C18H24FN3O. The van der Waals surface area contributed by atoms with Gasteiger partial charge in [0.05, 0.1) is 5.69 Å². The van der Waals surface area contributed by atoms with Gasteiger partial charge in [-0.3, -0.25) is 9.80 Å². The molecule has 0 spiro atoms. The molecule has 1 aliphatic heterocycles. The second-order valence-corrected chi connectivity index (χ2v) is 6.27. The Balaban J connectivity index is 1.59. The van der Waals surface area contributed by atoms with Gasteiger partial charge in [-0.25, -0.2) is 9.37 Å². The van der Waals surface area contributed by atoms with Crippen LogP contribution in [0, 0.1) is 5.82 Å². The summed E-state index contributed by atoms with van der Waals surface area (Å²) >= 11 is 0. The molecule has 1 unspecified atom stereocenters. The SMILES string of the molecule is CCN1CCCC1CN(C)Cc1coc(-c2ccc(F)cc2)n1. The standard InChI is InChI=1S/C18H24FN3O/c1-3-22-10-4-5-17(22)12-21(2)11-16-13-23-18(20-16)14-6-8-15(19)9-7-14/h6-9,13,17H,3-5,10-12H2,1-2H3. The molecule has 23 heavy (non-hydrogen) atoms. The van der Waals surface area contributed by atoms with Crippen molar-refractivity contribution in [1.29, 1.82) is 0 Å². The lowest BCUT2D eigenvalue weighted by Crippen LogP contribution is -2.38. The number of oxazole rings is 1. The Morgan fingerprint density at radius 2 is 2.13 bits per heavy atom. The van der Waals surface area contributed by atoms with Crippen LogP contribution in [0.2, 0.25) is 0 Å². The number of hydrogen-bond acceptors (Lipinski definition) is 4. The van der Waals surface area contributed by atoms with Gasteiger partial charge in [0.15, 0.2) is 0 Å². The van der Waals surface area contributed by atoms with Crippen LogP contribution >= 0.6 is 0 Å². The quantitative estimate of drug-likeness (QED) is 0.817. The van der Waals surface area contributed by atoms with E-state index >= 15 is 0 Å². The van der Waals surface area contributed by atoms with E-state index in [0.717, 1.165) is 30.9 Å². The van der Waals surface area contributed by atoms with Gasteiger partial charge in [0.2, 0.25) is 5.89 Å². The molecular weight excluding hydrogens is 293 g/mol. The number of likely N-dealkylation sites (tertiary alicyclic amines) is 1. The second kappa shape index (κ2) is 7.23. The van der Waals surface area contributed by atoms with E-state index < -0.39 is 0 Å². The van der Waals surface area contributed by atoms with Crippen LogP contribution in [0.3, 0.4) is 0 Å². The minimum atomic E-state index is -0.252. The van der Waals surface area contributed by atoms with Crippen molar-refractivity contribution in [2.24, 2.45) is 0 Å². The Morgan fingerprint density at radius 1 is 1.35 bits per heavy atom. The molecule has 1 aliphatic rings. The lowest BCUT2D eigenvalue weighted by Gasteiger charge is -2.27. The Bertz CT molecular complexity index is 625. The maximum absolute atomic E-state index is 13.0. The molecule has 0 amide bonds. The normalized spacial score (nSPS) is 18.9. The van der Waals surface area contributed by atoms with Crippen LogP contribution in [0.15, 0.2) is 34.9 Å². The first-order valence-electron chi connectivity index (χ1n) is 8.28. The predicted molar refractivity (Wildman–Crippen MR) is 88.5 cm³/mol. The smallest absolute Gasteiger partial charge is 0.226 e. The minimum Gasteiger partial charge on any atom is -0.444 e. The molecule has 2 heterocycles. The second-order valence-electron chi connectivity index (χ2n) is 6.27. The van der Waals surface area contributed by atoms with E-state index in [4.69, 9.17) is 4.42 Å². The molecule has 0 saturated carbocycles. The van der Waals surface area contributed by atoms with Crippen molar-refractivity contribution in [2.75, 3.05) is 26.7 Å². The first kappa shape index (κ1) is 16.1. The molecule has 1 fully saturated rings. The van der Waals surface area contributed by atoms with Gasteiger partial charge in [-0.2, -0.15) is 0 Å². The maximum Gasteiger partial charge on any atom is 0.226 e. The molecule has 1 aromatic heterocycles. The van der Waals surface area contributed by atoms with Crippen molar-refractivity contribution in [2.45, 2.75) is 32.4 Å². The zero-order valence-electron chi connectivity index (χ0n) is 13.8. The van der Waals surface area contributed by atoms with Crippen molar-refractivity contribution in [3.63, 3.8) is 0 Å². The lowest BCUT2D eigenvalue weighted by atomic mass is 10.2. The monoisotopic (exact) mass is 317 g/mol. The number of aromatic nitrogens is 1. The Morgan fingerprint density at radius 3 is 2.87 bits per heavy atom. The zero-order chi connectivity index (χ0) is 16.2. The minimum absolute atomic E-state index is 0.252. The molecule has 124 valence electrons. The Kier molecular flexibility index (Phi) is 5.08. The van der Waals surface area contributed by atoms with E-state index in [0.29, 0.717) is 11.9 Å². The highest BCUT2D eigenvalue weighted by Gasteiger charge is 2.24. The van der Waals surface area contributed by atoms with Gasteiger partial charge < -0.3 is 4.42 Å². The zero-order valence-corrected chi connectivity index (χ0v) is 13.8. The van der Waals surface area contributed by atoms with E-state index in [-0.39, 0.29) is 5.82 Å². The van der Waals surface area contributed by atoms with Gasteiger partial charge in [0.25, 0.3) is 0 Å². The van der Waals surface area contributed by atoms with E-state index in [1.54, 1.807) is 18.4 Å². The average Bonchev–Trinajstić information content (AvgIpc) is 3.17. The van der Waals surface area contributed by atoms with Gasteiger partial charge in [-0.05, 0) is 57.2 Å². The summed E-state index contributed by atoms with van der Waals surface area (Å²) in [6.07, 6.45) is 4.27. The third kappa shape index (κ3) is 3.98. The highest BCUT2D eigenvalue weighted by molar-refractivity contribution is 5.52. The highest BCUT2D eigenvalue weighted by atomic mass is 19.1. The number of nitrogens with zero attached hydrogens (tertiary/aromatic N) is 3. The summed E-state index contributed by atoms with van der Waals surface area (Å²) in [4.78, 5) is 9.36. The summed E-state index contributed by atoms with van der Waals surface area (Å²) in [6, 6.07) is 6.86. The summed E-state index contributed by atoms with van der Waals surface area (Å²) in [5.74, 6) is 0.293. The molecule has 1 atom stereocenters. The molecule has 0 radical (unpaired) electrons. The van der Waals surface area contributed by atoms with E-state index in [2.05, 4.69) is 28.8 Å². The lowest BCUT2D eigenvalue weighted by molar-refractivity contribution is 0.193. The van der Waals surface area contributed by atoms with Crippen molar-refractivity contribution in [3.8, 4) is 11.5 Å².